The Morgan fingerprint density at radius 3 is 1.28 bits per heavy atom. The van der Waals surface area contributed by atoms with Gasteiger partial charge in [0.1, 0.15) is 0 Å². The van der Waals surface area contributed by atoms with Gasteiger partial charge in [0, 0.05) is 0 Å². The molecule has 112 valence electrons. The van der Waals surface area contributed by atoms with Gasteiger partial charge in [-0.25, -0.2) is 0 Å². The van der Waals surface area contributed by atoms with Gasteiger partial charge in [0.15, 0.2) is 0 Å². The predicted molar refractivity (Wildman–Crippen MR) is 80.6 cm³/mol. The standard InChI is InChI=1S/2C8H18O/c1-5-8(9)7(4)6(2)3;1-5-7(4)8(9)6(2)3/h2*6-9H,5H2,1-4H3/t;7?,8-/m.1/s1. The normalized spacial score (nSPS) is 18.0. The lowest BCUT2D eigenvalue weighted by molar-refractivity contribution is 0.0707. The molecule has 2 nitrogen and oxygen atoms in total. The molecule has 0 amide bonds. The zero-order chi connectivity index (χ0) is 14.9. The minimum Gasteiger partial charge on any atom is -0.393 e. The highest BCUT2D eigenvalue weighted by atomic mass is 16.3. The molecule has 0 aliphatic heterocycles. The Balaban J connectivity index is 0. The van der Waals surface area contributed by atoms with E-state index < -0.39 is 0 Å². The fraction of sp³-hybridized carbons (Fsp3) is 1.00. The zero-order valence-electron chi connectivity index (χ0n) is 13.8. The average molecular weight is 260 g/mol. The molecule has 2 N–H and O–H groups in total. The highest BCUT2D eigenvalue weighted by Crippen LogP contribution is 2.16. The lowest BCUT2D eigenvalue weighted by Crippen LogP contribution is -2.22. The van der Waals surface area contributed by atoms with E-state index in [1.807, 2.05) is 6.92 Å². The minimum absolute atomic E-state index is 0.106. The summed E-state index contributed by atoms with van der Waals surface area (Å²) >= 11 is 0. The van der Waals surface area contributed by atoms with Gasteiger partial charge in [-0.15, -0.1) is 0 Å². The molecule has 0 rings (SSSR count). The van der Waals surface area contributed by atoms with Crippen LogP contribution in [0, 0.1) is 23.7 Å². The first-order valence-electron chi connectivity index (χ1n) is 7.54. The second-order valence-electron chi connectivity index (χ2n) is 6.20. The summed E-state index contributed by atoms with van der Waals surface area (Å²) in [6, 6.07) is 0. The van der Waals surface area contributed by atoms with Gasteiger partial charge < -0.3 is 10.2 Å². The van der Waals surface area contributed by atoms with Gasteiger partial charge in [-0.05, 0) is 30.1 Å². The van der Waals surface area contributed by atoms with Crippen LogP contribution in [-0.2, 0) is 0 Å². The second kappa shape index (κ2) is 10.8. The lowest BCUT2D eigenvalue weighted by Gasteiger charge is -2.20. The number of rotatable bonds is 6. The van der Waals surface area contributed by atoms with Crippen LogP contribution < -0.4 is 0 Å². The maximum Gasteiger partial charge on any atom is 0.0588 e. The second-order valence-corrected chi connectivity index (χ2v) is 6.20. The molecule has 0 fully saturated rings. The summed E-state index contributed by atoms with van der Waals surface area (Å²) in [7, 11) is 0. The maximum atomic E-state index is 9.39. The van der Waals surface area contributed by atoms with Gasteiger partial charge in [-0.2, -0.15) is 0 Å². The lowest BCUT2D eigenvalue weighted by atomic mass is 9.91. The summed E-state index contributed by atoms with van der Waals surface area (Å²) in [4.78, 5) is 0. The molecular weight excluding hydrogens is 224 g/mol. The number of aliphatic hydroxyl groups excluding tert-OH is 2. The fourth-order valence-corrected chi connectivity index (χ4v) is 1.71. The molecule has 0 saturated heterocycles. The van der Waals surface area contributed by atoms with Crippen LogP contribution in [0.1, 0.15) is 68.2 Å². The molecule has 0 bridgehead atoms. The van der Waals surface area contributed by atoms with Gasteiger partial charge >= 0.3 is 0 Å². The van der Waals surface area contributed by atoms with Crippen molar-refractivity contribution in [3.8, 4) is 0 Å². The molecule has 2 heteroatoms. The summed E-state index contributed by atoms with van der Waals surface area (Å²) in [5.41, 5.74) is 0. The van der Waals surface area contributed by atoms with Crippen molar-refractivity contribution in [2.45, 2.75) is 80.4 Å². The van der Waals surface area contributed by atoms with Crippen molar-refractivity contribution in [3.05, 3.63) is 0 Å². The van der Waals surface area contributed by atoms with Crippen molar-refractivity contribution in [3.63, 3.8) is 0 Å². The number of hydrogen-bond acceptors (Lipinski definition) is 2. The fourth-order valence-electron chi connectivity index (χ4n) is 1.71. The van der Waals surface area contributed by atoms with E-state index in [4.69, 9.17) is 0 Å². The average Bonchev–Trinajstić information content (AvgIpc) is 2.35. The van der Waals surface area contributed by atoms with Crippen LogP contribution >= 0.6 is 0 Å². The molecule has 0 spiro atoms. The summed E-state index contributed by atoms with van der Waals surface area (Å²) in [6.45, 7) is 16.7. The minimum atomic E-state index is -0.116. The first-order chi connectivity index (χ1) is 8.18. The van der Waals surface area contributed by atoms with Crippen molar-refractivity contribution < 1.29 is 10.2 Å². The quantitative estimate of drug-likeness (QED) is 0.755. The van der Waals surface area contributed by atoms with Crippen LogP contribution in [0.5, 0.6) is 0 Å². The topological polar surface area (TPSA) is 40.5 Å². The summed E-state index contributed by atoms with van der Waals surface area (Å²) in [6.07, 6.45) is 1.72. The highest BCUT2D eigenvalue weighted by molar-refractivity contribution is 4.65. The number of aliphatic hydroxyl groups is 2. The van der Waals surface area contributed by atoms with Crippen LogP contribution in [0.2, 0.25) is 0 Å². The van der Waals surface area contributed by atoms with E-state index in [0.717, 1.165) is 12.8 Å². The Kier molecular flexibility index (Phi) is 12.2. The van der Waals surface area contributed by atoms with E-state index in [1.165, 1.54) is 0 Å². The zero-order valence-corrected chi connectivity index (χ0v) is 13.8. The van der Waals surface area contributed by atoms with Crippen molar-refractivity contribution in [1.82, 2.24) is 0 Å². The SMILES string of the molecule is CCC(C)[C@H](O)C(C)C.CCC(O)C(C)C(C)C. The molecule has 4 atom stereocenters. The van der Waals surface area contributed by atoms with Crippen LogP contribution in [0.4, 0.5) is 0 Å². The molecule has 0 aliphatic rings. The first-order valence-corrected chi connectivity index (χ1v) is 7.54. The molecule has 3 unspecified atom stereocenters. The van der Waals surface area contributed by atoms with Crippen molar-refractivity contribution in [1.29, 1.82) is 0 Å². The van der Waals surface area contributed by atoms with Crippen LogP contribution in [-0.4, -0.2) is 22.4 Å². The maximum absolute atomic E-state index is 9.39. The van der Waals surface area contributed by atoms with Gasteiger partial charge in [-0.1, -0.05) is 61.8 Å². The molecule has 0 radical (unpaired) electrons. The molecule has 0 aliphatic carbocycles. The molecule has 0 aromatic rings. The van der Waals surface area contributed by atoms with Gasteiger partial charge in [0.2, 0.25) is 0 Å². The molecule has 0 saturated carbocycles. The largest absolute Gasteiger partial charge is 0.393 e. The molecule has 18 heavy (non-hydrogen) atoms. The summed E-state index contributed by atoms with van der Waals surface area (Å²) in [5, 5.41) is 18.7. The Morgan fingerprint density at radius 2 is 1.17 bits per heavy atom. The Hall–Kier alpha value is -0.0800. The van der Waals surface area contributed by atoms with Gasteiger partial charge in [0.05, 0.1) is 12.2 Å². The Labute approximate surface area is 115 Å². The number of hydrogen-bond donors (Lipinski definition) is 2. The smallest absolute Gasteiger partial charge is 0.0588 e. The molecule has 0 heterocycles. The van der Waals surface area contributed by atoms with Gasteiger partial charge in [-0.3, -0.25) is 0 Å². The van der Waals surface area contributed by atoms with E-state index in [0.29, 0.717) is 23.7 Å². The van der Waals surface area contributed by atoms with Crippen LogP contribution in [0.3, 0.4) is 0 Å². The van der Waals surface area contributed by atoms with Crippen molar-refractivity contribution >= 4 is 0 Å². The molecule has 0 aromatic heterocycles. The Morgan fingerprint density at radius 1 is 0.722 bits per heavy atom. The van der Waals surface area contributed by atoms with E-state index in [1.54, 1.807) is 0 Å². The van der Waals surface area contributed by atoms with E-state index >= 15 is 0 Å². The van der Waals surface area contributed by atoms with E-state index in [2.05, 4.69) is 48.5 Å². The van der Waals surface area contributed by atoms with Crippen molar-refractivity contribution in [2.24, 2.45) is 23.7 Å². The third-order valence-corrected chi connectivity index (χ3v) is 3.99. The molecular formula is C16H36O2. The van der Waals surface area contributed by atoms with E-state index in [-0.39, 0.29) is 12.2 Å². The van der Waals surface area contributed by atoms with E-state index in [9.17, 15) is 10.2 Å². The highest BCUT2D eigenvalue weighted by Gasteiger charge is 2.15. The first kappa shape index (κ1) is 20.2. The third-order valence-electron chi connectivity index (χ3n) is 3.99. The van der Waals surface area contributed by atoms with Gasteiger partial charge in [0.25, 0.3) is 0 Å². The monoisotopic (exact) mass is 260 g/mol. The Bertz CT molecular complexity index is 158. The summed E-state index contributed by atoms with van der Waals surface area (Å²) in [5.74, 6) is 1.89. The van der Waals surface area contributed by atoms with Crippen LogP contribution in [0.25, 0.3) is 0 Å². The summed E-state index contributed by atoms with van der Waals surface area (Å²) < 4.78 is 0. The predicted octanol–water partition coefficient (Wildman–Crippen LogP) is 4.10. The third kappa shape index (κ3) is 8.93. The molecule has 0 aromatic carbocycles. The van der Waals surface area contributed by atoms with Crippen LogP contribution in [0.15, 0.2) is 0 Å². The van der Waals surface area contributed by atoms with Crippen molar-refractivity contribution in [2.75, 3.05) is 0 Å².